The molecule has 2 saturated heterocycles. The van der Waals surface area contributed by atoms with Crippen molar-refractivity contribution in [3.05, 3.63) is 0 Å². The van der Waals surface area contributed by atoms with Gasteiger partial charge in [-0.1, -0.05) is 0 Å². The predicted molar refractivity (Wildman–Crippen MR) is 42.6 cm³/mol. The van der Waals surface area contributed by atoms with E-state index >= 15 is 0 Å². The van der Waals surface area contributed by atoms with Crippen LogP contribution in [0.15, 0.2) is 0 Å². The zero-order valence-corrected chi connectivity index (χ0v) is 19.6. The van der Waals surface area contributed by atoms with Crippen LogP contribution in [0.5, 0.6) is 0 Å². The van der Waals surface area contributed by atoms with Crippen LogP contribution in [0.25, 0.3) is 0 Å². The third-order valence-electron chi connectivity index (χ3n) is 0.894. The van der Waals surface area contributed by atoms with Gasteiger partial charge in [0.25, 0.3) is 0 Å². The van der Waals surface area contributed by atoms with Crippen molar-refractivity contribution in [1.82, 2.24) is 0 Å². The molecule has 2 N–H and O–H groups in total. The molecule has 0 bridgehead atoms. The van der Waals surface area contributed by atoms with Gasteiger partial charge in [-0.2, -0.15) is 0 Å². The Hall–Kier alpha value is 2.95. The molecule has 0 aromatic heterocycles. The van der Waals surface area contributed by atoms with E-state index in [1.54, 1.807) is 0 Å². The van der Waals surface area contributed by atoms with Gasteiger partial charge in [0.1, 0.15) is 0 Å². The van der Waals surface area contributed by atoms with Gasteiger partial charge >= 0.3 is 115 Å². The van der Waals surface area contributed by atoms with Crippen molar-refractivity contribution in [2.45, 2.75) is 0 Å². The van der Waals surface area contributed by atoms with Crippen LogP contribution >= 0.6 is 15.6 Å². The number of rotatable bonds is 4. The summed E-state index contributed by atoms with van der Waals surface area (Å²) >= 11 is -5.18. The topological polar surface area (TPSA) is 121 Å². The Kier molecular flexibility index (Phi) is 6.66. The fourth-order valence-corrected chi connectivity index (χ4v) is 26.1. The van der Waals surface area contributed by atoms with Gasteiger partial charge in [-0.25, -0.2) is 0 Å². The molecule has 2 fully saturated rings. The van der Waals surface area contributed by atoms with E-state index in [0.717, 1.165) is 0 Å². The molecule has 0 saturated carbocycles. The summed E-state index contributed by atoms with van der Waals surface area (Å²) in [6.45, 7) is 0. The summed E-state index contributed by atoms with van der Waals surface area (Å²) < 4.78 is 50.4. The SMILES string of the molecule is O.O=P1([O][Pb][O]P2(=O)[O][Pb][O]2)[O][Pb][O]1. The van der Waals surface area contributed by atoms with Crippen LogP contribution in [-0.4, -0.2) is 80.9 Å². The first-order valence-electron chi connectivity index (χ1n) is 2.69. The summed E-state index contributed by atoms with van der Waals surface area (Å²) in [6.07, 6.45) is 0. The number of phosphoric acid groups is 2. The first kappa shape index (κ1) is 15.0. The normalized spacial score (nSPS) is 26.9. The van der Waals surface area contributed by atoms with Crippen molar-refractivity contribution in [3.8, 4) is 0 Å². The van der Waals surface area contributed by atoms with Crippen molar-refractivity contribution < 1.29 is 29.5 Å². The molecule has 6 radical (unpaired) electrons. The molecule has 0 aliphatic carbocycles. The predicted octanol–water partition coefficient (Wildman–Crippen LogP) is -0.893. The first-order valence-corrected chi connectivity index (χ1v) is 15.1. The molecule has 14 heteroatoms. The van der Waals surface area contributed by atoms with Crippen LogP contribution in [-0.2, 0) is 24.0 Å². The van der Waals surface area contributed by atoms with E-state index in [4.69, 9.17) is 14.8 Å². The van der Waals surface area contributed by atoms with E-state index in [1.165, 1.54) is 0 Å². The quantitative estimate of drug-likeness (QED) is 0.265. The zero-order valence-electron chi connectivity index (χ0n) is 6.16. The van der Waals surface area contributed by atoms with Crippen LogP contribution in [0, 0.1) is 0 Å². The van der Waals surface area contributed by atoms with E-state index < -0.39 is 91.1 Å². The number of hydrogen-bond acceptors (Lipinski definition) is 8. The Balaban J connectivity index is 0.000000980. The molecule has 2 rings (SSSR count). The Morgan fingerprint density at radius 2 is 1.29 bits per heavy atom. The van der Waals surface area contributed by atoms with E-state index in [-0.39, 0.29) is 5.48 Å². The van der Waals surface area contributed by atoms with Gasteiger partial charge in [0.15, 0.2) is 0 Å². The Morgan fingerprint density at radius 1 is 0.929 bits per heavy atom. The summed E-state index contributed by atoms with van der Waals surface area (Å²) in [5, 5.41) is 0. The second-order valence-corrected chi connectivity index (χ2v) is 19.3. The molecule has 9 nitrogen and oxygen atoms in total. The number of hydrogen-bond donors (Lipinski definition) is 0. The van der Waals surface area contributed by atoms with E-state index in [2.05, 4.69) is 0 Å². The fraction of sp³-hybridized carbons (Fsp3) is 0. The standard InChI is InChI=1S/2H3O4P.H2O.3Pb/c2*1-5(2,3)4;;;;/h2*(H3,1,2,3,4);1H2;;;/q;;;3*+2/p-6. The molecular formula is H2O9P2Pb3. The summed E-state index contributed by atoms with van der Waals surface area (Å²) in [5.74, 6) is 0. The maximum atomic E-state index is 11.1. The third kappa shape index (κ3) is 4.00. The van der Waals surface area contributed by atoms with Gasteiger partial charge in [-0.15, -0.1) is 0 Å². The van der Waals surface area contributed by atoms with Crippen LogP contribution in [0.3, 0.4) is 0 Å². The Morgan fingerprint density at radius 3 is 1.50 bits per heavy atom. The van der Waals surface area contributed by atoms with Gasteiger partial charge in [-0.3, -0.25) is 0 Å². The van der Waals surface area contributed by atoms with Crippen molar-refractivity contribution in [2.24, 2.45) is 0 Å². The third-order valence-corrected chi connectivity index (χ3v) is 23.5. The van der Waals surface area contributed by atoms with Crippen molar-refractivity contribution in [1.29, 1.82) is 0 Å². The summed E-state index contributed by atoms with van der Waals surface area (Å²) in [4.78, 5) is 0. The van der Waals surface area contributed by atoms with Crippen molar-refractivity contribution in [2.75, 3.05) is 0 Å². The minimum absolute atomic E-state index is 0. The minimum atomic E-state index is -3.23. The molecule has 2 aliphatic rings. The van der Waals surface area contributed by atoms with Gasteiger partial charge in [0.2, 0.25) is 0 Å². The van der Waals surface area contributed by atoms with E-state index in [9.17, 15) is 9.13 Å². The molecule has 0 atom stereocenters. The van der Waals surface area contributed by atoms with Crippen LogP contribution in [0.1, 0.15) is 0 Å². The van der Waals surface area contributed by atoms with Crippen LogP contribution in [0.2, 0.25) is 0 Å². The molecular weight excluding hydrogens is 828 g/mol. The fourth-order valence-electron chi connectivity index (χ4n) is 0.379. The Labute approximate surface area is 119 Å². The molecule has 0 spiro atoms. The monoisotopic (exact) mass is 832 g/mol. The van der Waals surface area contributed by atoms with Gasteiger partial charge in [-0.05, 0) is 0 Å². The second-order valence-electron chi connectivity index (χ2n) is 1.69. The van der Waals surface area contributed by atoms with Gasteiger partial charge in [0.05, 0.1) is 0 Å². The molecule has 0 aromatic carbocycles. The summed E-state index contributed by atoms with van der Waals surface area (Å²) in [5.41, 5.74) is 0. The molecule has 2 aliphatic heterocycles. The molecule has 0 unspecified atom stereocenters. The maximum absolute atomic E-state index is 11.1. The molecule has 14 heavy (non-hydrogen) atoms. The van der Waals surface area contributed by atoms with Crippen LogP contribution < -0.4 is 0 Å². The Bertz CT molecular complexity index is 244. The van der Waals surface area contributed by atoms with Gasteiger partial charge < -0.3 is 5.48 Å². The molecule has 2 heterocycles. The van der Waals surface area contributed by atoms with E-state index in [0.29, 0.717) is 0 Å². The van der Waals surface area contributed by atoms with Gasteiger partial charge in [0, 0.05) is 0 Å². The molecule has 78 valence electrons. The van der Waals surface area contributed by atoms with Crippen LogP contribution in [0.4, 0.5) is 0 Å². The van der Waals surface area contributed by atoms with Crippen molar-refractivity contribution >= 4 is 91.1 Å². The summed E-state index contributed by atoms with van der Waals surface area (Å²) in [6, 6.07) is 0. The average Bonchev–Trinajstić information content (AvgIpc) is 1.98. The summed E-state index contributed by atoms with van der Waals surface area (Å²) in [7, 11) is -6.47. The molecule has 0 amide bonds. The molecule has 0 aromatic rings. The zero-order chi connectivity index (χ0) is 9.36. The van der Waals surface area contributed by atoms with E-state index in [1.807, 2.05) is 0 Å². The first-order chi connectivity index (χ1) is 6.12. The van der Waals surface area contributed by atoms with Crippen molar-refractivity contribution in [3.63, 3.8) is 0 Å². The second kappa shape index (κ2) is 6.21. The average molecular weight is 830 g/mol.